The molecule has 0 aromatic heterocycles. The fourth-order valence-electron chi connectivity index (χ4n) is 4.53. The monoisotopic (exact) mass is 396 g/mol. The van der Waals surface area contributed by atoms with Gasteiger partial charge in [-0.05, 0) is 59.9 Å². The standard InChI is InChI=1S/C27H37FO/c1-3-5-6-8-22-9-11-23(12-10-22)20-29-27-18-17-25(19-26(27)28)24-15-13-21(7-4-2)14-16-24/h13-19,22-23H,3-12,20H2,1-2H3/t22-,23-. The Kier molecular flexibility index (Phi) is 8.58. The van der Waals surface area contributed by atoms with E-state index in [1.54, 1.807) is 12.1 Å². The number of ether oxygens (including phenoxy) is 1. The third-order valence-electron chi connectivity index (χ3n) is 6.41. The van der Waals surface area contributed by atoms with Crippen LogP contribution in [0, 0.1) is 17.7 Å². The van der Waals surface area contributed by atoms with Gasteiger partial charge in [-0.2, -0.15) is 0 Å². The van der Waals surface area contributed by atoms with Crippen molar-refractivity contribution in [2.45, 2.75) is 78.1 Å². The molecule has 158 valence electrons. The van der Waals surface area contributed by atoms with Crippen LogP contribution in [0.2, 0.25) is 0 Å². The Bertz CT molecular complexity index is 729. The Morgan fingerprint density at radius 3 is 2.17 bits per heavy atom. The van der Waals surface area contributed by atoms with Gasteiger partial charge in [-0.25, -0.2) is 4.39 Å². The maximum Gasteiger partial charge on any atom is 0.165 e. The first kappa shape index (κ1) is 21.9. The van der Waals surface area contributed by atoms with Crippen molar-refractivity contribution < 1.29 is 9.13 Å². The fraction of sp³-hybridized carbons (Fsp3) is 0.556. The second-order valence-electron chi connectivity index (χ2n) is 8.79. The molecule has 2 heteroatoms. The number of unbranched alkanes of at least 4 members (excludes halogenated alkanes) is 2. The predicted octanol–water partition coefficient (Wildman–Crippen LogP) is 8.21. The summed E-state index contributed by atoms with van der Waals surface area (Å²) in [5.41, 5.74) is 3.29. The largest absolute Gasteiger partial charge is 0.490 e. The summed E-state index contributed by atoms with van der Waals surface area (Å²) in [6, 6.07) is 13.8. The van der Waals surface area contributed by atoms with Gasteiger partial charge in [0.05, 0.1) is 6.61 Å². The number of halogens is 1. The third-order valence-corrected chi connectivity index (χ3v) is 6.41. The molecular weight excluding hydrogens is 359 g/mol. The van der Waals surface area contributed by atoms with Gasteiger partial charge < -0.3 is 4.74 Å². The molecule has 1 nitrogen and oxygen atoms in total. The minimum Gasteiger partial charge on any atom is -0.490 e. The van der Waals surface area contributed by atoms with Crippen molar-refractivity contribution in [3.63, 3.8) is 0 Å². The Morgan fingerprint density at radius 1 is 0.828 bits per heavy atom. The van der Waals surface area contributed by atoms with E-state index in [2.05, 4.69) is 38.1 Å². The van der Waals surface area contributed by atoms with Gasteiger partial charge >= 0.3 is 0 Å². The van der Waals surface area contributed by atoms with Crippen LogP contribution in [0.1, 0.15) is 77.2 Å². The van der Waals surface area contributed by atoms with Crippen molar-refractivity contribution in [3.8, 4) is 16.9 Å². The molecule has 0 spiro atoms. The highest BCUT2D eigenvalue weighted by molar-refractivity contribution is 5.64. The molecular formula is C27H37FO. The van der Waals surface area contributed by atoms with E-state index in [0.717, 1.165) is 29.9 Å². The first-order valence-corrected chi connectivity index (χ1v) is 11.7. The SMILES string of the molecule is CCCCC[C@H]1CC[C@H](COc2ccc(-c3ccc(CCC)cc3)cc2F)CC1. The fourth-order valence-corrected chi connectivity index (χ4v) is 4.53. The molecule has 0 bridgehead atoms. The molecule has 2 aromatic carbocycles. The molecule has 0 atom stereocenters. The lowest BCUT2D eigenvalue weighted by Crippen LogP contribution is -2.20. The zero-order chi connectivity index (χ0) is 20.5. The van der Waals surface area contributed by atoms with Crippen LogP contribution in [0.15, 0.2) is 42.5 Å². The van der Waals surface area contributed by atoms with E-state index in [4.69, 9.17) is 4.74 Å². The van der Waals surface area contributed by atoms with Crippen LogP contribution in [-0.4, -0.2) is 6.61 Å². The molecule has 2 aromatic rings. The highest BCUT2D eigenvalue weighted by Crippen LogP contribution is 2.33. The minimum absolute atomic E-state index is 0.256. The van der Waals surface area contributed by atoms with Gasteiger partial charge in [0, 0.05) is 0 Å². The zero-order valence-corrected chi connectivity index (χ0v) is 18.3. The molecule has 0 aliphatic heterocycles. The quantitative estimate of drug-likeness (QED) is 0.368. The normalized spacial score (nSPS) is 19.3. The van der Waals surface area contributed by atoms with Gasteiger partial charge in [0.15, 0.2) is 11.6 Å². The summed E-state index contributed by atoms with van der Waals surface area (Å²) in [5, 5.41) is 0. The first-order chi connectivity index (χ1) is 14.2. The topological polar surface area (TPSA) is 9.23 Å². The molecule has 0 heterocycles. The molecule has 1 saturated carbocycles. The van der Waals surface area contributed by atoms with Crippen LogP contribution in [0.4, 0.5) is 4.39 Å². The molecule has 29 heavy (non-hydrogen) atoms. The molecule has 1 aliphatic rings. The summed E-state index contributed by atoms with van der Waals surface area (Å²) in [6.07, 6.45) is 12.7. The van der Waals surface area contributed by atoms with Gasteiger partial charge in [0.25, 0.3) is 0 Å². The molecule has 1 aliphatic carbocycles. The number of rotatable bonds is 10. The van der Waals surface area contributed by atoms with Crippen LogP contribution >= 0.6 is 0 Å². The van der Waals surface area contributed by atoms with Gasteiger partial charge in [0.1, 0.15) is 0 Å². The van der Waals surface area contributed by atoms with Gasteiger partial charge in [0.2, 0.25) is 0 Å². The Hall–Kier alpha value is -1.83. The number of aryl methyl sites for hydroxylation is 1. The van der Waals surface area contributed by atoms with Crippen LogP contribution in [0.3, 0.4) is 0 Å². The maximum atomic E-state index is 14.6. The molecule has 0 N–H and O–H groups in total. The minimum atomic E-state index is -0.256. The summed E-state index contributed by atoms with van der Waals surface area (Å²) < 4.78 is 20.5. The van der Waals surface area contributed by atoms with E-state index in [1.807, 2.05) is 6.07 Å². The summed E-state index contributed by atoms with van der Waals surface area (Å²) in [7, 11) is 0. The summed E-state index contributed by atoms with van der Waals surface area (Å²) >= 11 is 0. The van der Waals surface area contributed by atoms with Crippen molar-refractivity contribution >= 4 is 0 Å². The smallest absolute Gasteiger partial charge is 0.165 e. The molecule has 0 unspecified atom stereocenters. The second kappa shape index (κ2) is 11.4. The van der Waals surface area contributed by atoms with Crippen LogP contribution < -0.4 is 4.74 Å². The predicted molar refractivity (Wildman–Crippen MR) is 121 cm³/mol. The average molecular weight is 397 g/mol. The van der Waals surface area contributed by atoms with Crippen LogP contribution in [0.25, 0.3) is 11.1 Å². The van der Waals surface area contributed by atoms with E-state index in [-0.39, 0.29) is 5.82 Å². The summed E-state index contributed by atoms with van der Waals surface area (Å²) in [5.74, 6) is 1.61. The number of benzene rings is 2. The van der Waals surface area contributed by atoms with Crippen molar-refractivity contribution in [1.29, 1.82) is 0 Å². The van der Waals surface area contributed by atoms with E-state index < -0.39 is 0 Å². The van der Waals surface area contributed by atoms with E-state index >= 15 is 0 Å². The third kappa shape index (κ3) is 6.59. The van der Waals surface area contributed by atoms with Crippen LogP contribution in [0.5, 0.6) is 5.75 Å². The Morgan fingerprint density at radius 2 is 1.52 bits per heavy atom. The number of hydrogen-bond acceptors (Lipinski definition) is 1. The molecule has 3 rings (SSSR count). The van der Waals surface area contributed by atoms with Crippen molar-refractivity contribution in [1.82, 2.24) is 0 Å². The van der Waals surface area contributed by atoms with E-state index in [9.17, 15) is 4.39 Å². The summed E-state index contributed by atoms with van der Waals surface area (Å²) in [6.45, 7) is 5.09. The molecule has 0 radical (unpaired) electrons. The van der Waals surface area contributed by atoms with Crippen molar-refractivity contribution in [3.05, 3.63) is 53.8 Å². The highest BCUT2D eigenvalue weighted by atomic mass is 19.1. The molecule has 0 saturated heterocycles. The lowest BCUT2D eigenvalue weighted by Gasteiger charge is -2.28. The van der Waals surface area contributed by atoms with Crippen molar-refractivity contribution in [2.24, 2.45) is 11.8 Å². The van der Waals surface area contributed by atoms with Gasteiger partial charge in [-0.3, -0.25) is 0 Å². The molecule has 0 amide bonds. The maximum absolute atomic E-state index is 14.6. The summed E-state index contributed by atoms with van der Waals surface area (Å²) in [4.78, 5) is 0. The van der Waals surface area contributed by atoms with E-state index in [0.29, 0.717) is 18.3 Å². The van der Waals surface area contributed by atoms with E-state index in [1.165, 1.54) is 56.9 Å². The van der Waals surface area contributed by atoms with Crippen molar-refractivity contribution in [2.75, 3.05) is 6.61 Å². The van der Waals surface area contributed by atoms with Gasteiger partial charge in [-0.15, -0.1) is 0 Å². The molecule has 1 fully saturated rings. The first-order valence-electron chi connectivity index (χ1n) is 11.7. The average Bonchev–Trinajstić information content (AvgIpc) is 2.75. The lowest BCUT2D eigenvalue weighted by atomic mass is 9.80. The van der Waals surface area contributed by atoms with Crippen LogP contribution in [-0.2, 0) is 6.42 Å². The lowest BCUT2D eigenvalue weighted by molar-refractivity contribution is 0.173. The Labute approximate surface area is 176 Å². The van der Waals surface area contributed by atoms with Gasteiger partial charge in [-0.1, -0.05) is 89.1 Å². The Balaban J connectivity index is 1.48. The highest BCUT2D eigenvalue weighted by Gasteiger charge is 2.21. The second-order valence-corrected chi connectivity index (χ2v) is 8.79. The zero-order valence-electron chi connectivity index (χ0n) is 18.3. The number of hydrogen-bond donors (Lipinski definition) is 0.